The summed E-state index contributed by atoms with van der Waals surface area (Å²) in [6.45, 7) is 0. The van der Waals surface area contributed by atoms with Gasteiger partial charge in [0.25, 0.3) is 0 Å². The Morgan fingerprint density at radius 1 is 0.581 bits per heavy atom. The molecule has 0 saturated carbocycles. The normalized spacial score (nSPS) is 11.9. The van der Waals surface area contributed by atoms with Gasteiger partial charge < -0.3 is 0 Å². The van der Waals surface area contributed by atoms with Crippen LogP contribution in [0.2, 0.25) is 0 Å². The number of nitrogens with zero attached hydrogens (tertiary/aromatic N) is 3. The van der Waals surface area contributed by atoms with Crippen molar-refractivity contribution in [2.45, 2.75) is 0 Å². The van der Waals surface area contributed by atoms with E-state index in [9.17, 15) is 0 Å². The predicted molar refractivity (Wildman–Crippen MR) is 128 cm³/mol. The van der Waals surface area contributed by atoms with Crippen molar-refractivity contribution in [1.82, 2.24) is 14.4 Å². The second-order valence-electron chi connectivity index (χ2n) is 7.92. The Hall–Kier alpha value is -4.24. The van der Waals surface area contributed by atoms with Gasteiger partial charge in [0.15, 0.2) is 0 Å². The van der Waals surface area contributed by atoms with Crippen LogP contribution in [0.4, 0.5) is 0 Å². The lowest BCUT2D eigenvalue weighted by Crippen LogP contribution is -1.91. The number of benzene rings is 4. The lowest BCUT2D eigenvalue weighted by atomic mass is 10.0. The quantitative estimate of drug-likeness (QED) is 0.280. The molecule has 3 heteroatoms. The second kappa shape index (κ2) is 6.13. The Labute approximate surface area is 178 Å². The summed E-state index contributed by atoms with van der Waals surface area (Å²) in [6.07, 6.45) is 1.89. The molecular weight excluding hydrogens is 378 g/mol. The Kier molecular flexibility index (Phi) is 3.27. The summed E-state index contributed by atoms with van der Waals surface area (Å²) >= 11 is 0. The Bertz CT molecular complexity index is 1790. The second-order valence-corrected chi connectivity index (χ2v) is 7.92. The zero-order chi connectivity index (χ0) is 20.4. The number of hydrogen-bond acceptors (Lipinski definition) is 2. The van der Waals surface area contributed by atoms with Crippen molar-refractivity contribution in [2.75, 3.05) is 0 Å². The topological polar surface area (TPSA) is 30.2 Å². The van der Waals surface area contributed by atoms with Crippen LogP contribution in [0, 0.1) is 0 Å². The van der Waals surface area contributed by atoms with Crippen LogP contribution in [0.15, 0.2) is 103 Å². The zero-order valence-corrected chi connectivity index (χ0v) is 16.7. The molecule has 0 N–H and O–H groups in total. The minimum atomic E-state index is 0.917. The molecule has 0 saturated heterocycles. The van der Waals surface area contributed by atoms with Gasteiger partial charge in [0.2, 0.25) is 0 Å². The number of aromatic nitrogens is 3. The van der Waals surface area contributed by atoms with Gasteiger partial charge in [0.1, 0.15) is 11.2 Å². The zero-order valence-electron chi connectivity index (χ0n) is 16.7. The van der Waals surface area contributed by atoms with Crippen LogP contribution in [0.25, 0.3) is 60.4 Å². The van der Waals surface area contributed by atoms with Crippen LogP contribution in [-0.4, -0.2) is 14.4 Å². The molecule has 0 atom stereocenters. The molecule has 0 aliphatic heterocycles. The monoisotopic (exact) mass is 395 g/mol. The molecule has 7 aromatic rings. The highest BCUT2D eigenvalue weighted by Crippen LogP contribution is 2.35. The van der Waals surface area contributed by atoms with Crippen LogP contribution in [0.3, 0.4) is 0 Å². The maximum Gasteiger partial charge on any atom is 0.146 e. The fraction of sp³-hybridized carbons (Fsp3) is 0. The van der Waals surface area contributed by atoms with E-state index < -0.39 is 0 Å². The van der Waals surface area contributed by atoms with Crippen molar-refractivity contribution < 1.29 is 0 Å². The third-order valence-electron chi connectivity index (χ3n) is 6.20. The summed E-state index contributed by atoms with van der Waals surface area (Å²) in [5.74, 6) is 0. The lowest BCUT2D eigenvalue weighted by Gasteiger charge is -2.08. The number of imidazole rings is 1. The van der Waals surface area contributed by atoms with Gasteiger partial charge in [-0.05, 0) is 34.4 Å². The molecule has 0 bridgehead atoms. The molecule has 0 unspecified atom stereocenters. The van der Waals surface area contributed by atoms with E-state index in [1.807, 2.05) is 6.20 Å². The maximum absolute atomic E-state index is 5.15. The molecule has 0 amide bonds. The molecule has 3 nitrogen and oxygen atoms in total. The Morgan fingerprint density at radius 3 is 2.23 bits per heavy atom. The van der Waals surface area contributed by atoms with E-state index in [1.165, 1.54) is 21.5 Å². The van der Waals surface area contributed by atoms with Crippen molar-refractivity contribution >= 4 is 49.1 Å². The van der Waals surface area contributed by atoms with E-state index in [0.29, 0.717) is 0 Å². The first-order valence-electron chi connectivity index (χ1n) is 10.4. The van der Waals surface area contributed by atoms with Crippen LogP contribution < -0.4 is 0 Å². The van der Waals surface area contributed by atoms with Gasteiger partial charge in [-0.25, -0.2) is 4.98 Å². The molecule has 0 radical (unpaired) electrons. The first-order chi connectivity index (χ1) is 15.4. The molecule has 3 aromatic heterocycles. The number of rotatable bonds is 1. The molecule has 0 aliphatic carbocycles. The molecule has 0 fully saturated rings. The molecule has 0 aliphatic rings. The summed E-state index contributed by atoms with van der Waals surface area (Å²) in [5, 5.41) is 6.04. The first kappa shape index (κ1) is 16.5. The summed E-state index contributed by atoms with van der Waals surface area (Å²) in [5.41, 5.74) is 6.14. The minimum Gasteiger partial charge on any atom is -0.292 e. The molecule has 7 rings (SSSR count). The van der Waals surface area contributed by atoms with E-state index in [0.717, 1.165) is 38.8 Å². The number of hydrogen-bond donors (Lipinski definition) is 0. The maximum atomic E-state index is 5.15. The number of pyridine rings is 2. The number of para-hydroxylation sites is 1. The third-order valence-corrected chi connectivity index (χ3v) is 6.20. The Balaban J connectivity index is 1.65. The highest BCUT2D eigenvalue weighted by atomic mass is 15.0. The van der Waals surface area contributed by atoms with E-state index in [4.69, 9.17) is 9.97 Å². The van der Waals surface area contributed by atoms with Gasteiger partial charge in [0.05, 0.1) is 16.7 Å². The molecule has 3 heterocycles. The van der Waals surface area contributed by atoms with Crippen molar-refractivity contribution in [3.8, 4) is 11.3 Å². The van der Waals surface area contributed by atoms with Crippen LogP contribution in [-0.2, 0) is 0 Å². The largest absolute Gasteiger partial charge is 0.292 e. The highest BCUT2D eigenvalue weighted by molar-refractivity contribution is 6.14. The third kappa shape index (κ3) is 2.29. The summed E-state index contributed by atoms with van der Waals surface area (Å²) in [6, 6.07) is 34.1. The van der Waals surface area contributed by atoms with Crippen molar-refractivity contribution in [2.24, 2.45) is 0 Å². The lowest BCUT2D eigenvalue weighted by molar-refractivity contribution is 1.31. The average Bonchev–Trinajstić information content (AvgIpc) is 3.24. The SMILES string of the molecule is c1ccc2cc(-c3nccc4c3nc3c5ccccc5c5ccccc5n43)ccc2c1. The molecule has 144 valence electrons. The fourth-order valence-corrected chi connectivity index (χ4v) is 4.79. The van der Waals surface area contributed by atoms with Crippen molar-refractivity contribution in [3.63, 3.8) is 0 Å². The van der Waals surface area contributed by atoms with Crippen molar-refractivity contribution in [1.29, 1.82) is 0 Å². The van der Waals surface area contributed by atoms with Crippen LogP contribution >= 0.6 is 0 Å². The van der Waals surface area contributed by atoms with Gasteiger partial charge in [-0.1, -0.05) is 78.9 Å². The fourth-order valence-electron chi connectivity index (χ4n) is 4.79. The summed E-state index contributed by atoms with van der Waals surface area (Å²) < 4.78 is 2.28. The molecule has 31 heavy (non-hydrogen) atoms. The van der Waals surface area contributed by atoms with Crippen LogP contribution in [0.5, 0.6) is 0 Å². The van der Waals surface area contributed by atoms with Gasteiger partial charge in [-0.2, -0.15) is 0 Å². The molecule has 4 aromatic carbocycles. The minimum absolute atomic E-state index is 0.917. The van der Waals surface area contributed by atoms with E-state index in [-0.39, 0.29) is 0 Å². The smallest absolute Gasteiger partial charge is 0.146 e. The van der Waals surface area contributed by atoms with E-state index in [1.54, 1.807) is 0 Å². The van der Waals surface area contributed by atoms with E-state index >= 15 is 0 Å². The first-order valence-corrected chi connectivity index (χ1v) is 10.4. The summed E-state index contributed by atoms with van der Waals surface area (Å²) in [7, 11) is 0. The van der Waals surface area contributed by atoms with Gasteiger partial charge in [-0.15, -0.1) is 0 Å². The standard InChI is InChI=1S/C28H17N3/c1-2-8-19-17-20(14-13-18(19)7-1)26-27-25(15-16-29-26)31-24-12-6-5-10-22(24)21-9-3-4-11-23(21)28(31)30-27/h1-17H. The summed E-state index contributed by atoms with van der Waals surface area (Å²) in [4.78, 5) is 9.91. The van der Waals surface area contributed by atoms with Gasteiger partial charge >= 0.3 is 0 Å². The van der Waals surface area contributed by atoms with Crippen molar-refractivity contribution in [3.05, 3.63) is 103 Å². The predicted octanol–water partition coefficient (Wildman–Crippen LogP) is 7.01. The van der Waals surface area contributed by atoms with Gasteiger partial charge in [-0.3, -0.25) is 9.38 Å². The molecular formula is C28H17N3. The Morgan fingerprint density at radius 2 is 1.32 bits per heavy atom. The van der Waals surface area contributed by atoms with Gasteiger partial charge in [0, 0.05) is 22.5 Å². The number of fused-ring (bicyclic) bond motifs is 9. The average molecular weight is 395 g/mol. The highest BCUT2D eigenvalue weighted by Gasteiger charge is 2.16. The van der Waals surface area contributed by atoms with Crippen LogP contribution in [0.1, 0.15) is 0 Å². The van der Waals surface area contributed by atoms with E-state index in [2.05, 4.69) is 101 Å². The molecule has 0 spiro atoms.